The predicted molar refractivity (Wildman–Crippen MR) is 94.6 cm³/mol. The fourth-order valence-electron chi connectivity index (χ4n) is 3.56. The Balaban J connectivity index is 0.00000264. The van der Waals surface area contributed by atoms with Gasteiger partial charge in [0.1, 0.15) is 6.04 Å². The molecule has 0 aromatic rings. The zero-order valence-electron chi connectivity index (χ0n) is 14.4. The molecule has 5 nitrogen and oxygen atoms in total. The van der Waals surface area contributed by atoms with Gasteiger partial charge < -0.3 is 16.0 Å². The molecule has 0 aromatic carbocycles. The Morgan fingerprint density at radius 2 is 1.87 bits per heavy atom. The number of carbonyl (C=O) groups is 2. The normalized spacial score (nSPS) is 26.7. The molecule has 3 atom stereocenters. The highest BCUT2D eigenvalue weighted by Crippen LogP contribution is 2.26. The number of hydrogen-bond donors (Lipinski definition) is 3. The summed E-state index contributed by atoms with van der Waals surface area (Å²) in [6.07, 6.45) is 7.60. The van der Waals surface area contributed by atoms with Crippen molar-refractivity contribution in [3.8, 4) is 0 Å². The lowest BCUT2D eigenvalue weighted by molar-refractivity contribution is -0.129. The van der Waals surface area contributed by atoms with Crippen molar-refractivity contribution in [2.75, 3.05) is 13.1 Å². The molecule has 0 radical (unpaired) electrons. The lowest BCUT2D eigenvalue weighted by Gasteiger charge is -2.31. The molecule has 2 fully saturated rings. The van der Waals surface area contributed by atoms with Crippen molar-refractivity contribution < 1.29 is 9.59 Å². The zero-order chi connectivity index (χ0) is 15.9. The number of piperidine rings is 1. The van der Waals surface area contributed by atoms with E-state index in [1.165, 1.54) is 19.3 Å². The molecule has 2 rings (SSSR count). The van der Waals surface area contributed by atoms with Crippen molar-refractivity contribution in [1.29, 1.82) is 0 Å². The molecular weight excluding hydrogens is 314 g/mol. The van der Waals surface area contributed by atoms with Crippen molar-refractivity contribution in [1.82, 2.24) is 16.0 Å². The Morgan fingerprint density at radius 1 is 1.17 bits per heavy atom. The molecule has 2 aliphatic rings. The van der Waals surface area contributed by atoms with Crippen molar-refractivity contribution in [2.45, 2.75) is 70.9 Å². The molecule has 1 heterocycles. The van der Waals surface area contributed by atoms with Gasteiger partial charge in [0.2, 0.25) is 11.8 Å². The minimum Gasteiger partial charge on any atom is -0.351 e. The standard InChI is InChI=1S/C17H31N3O2.ClH/c1-12-11-18-9-8-15(12)20-17(22)13(2)19-16(21)10-14-6-4-3-5-7-14;/h12-15,18H,3-11H2,1-2H3,(H,19,21)(H,20,22);1H. The Labute approximate surface area is 146 Å². The van der Waals surface area contributed by atoms with Crippen LogP contribution in [0.4, 0.5) is 0 Å². The van der Waals surface area contributed by atoms with E-state index in [1.54, 1.807) is 6.92 Å². The molecule has 1 saturated carbocycles. The summed E-state index contributed by atoms with van der Waals surface area (Å²) in [5.41, 5.74) is 0. The van der Waals surface area contributed by atoms with Gasteiger partial charge in [-0.2, -0.15) is 0 Å². The van der Waals surface area contributed by atoms with Crippen molar-refractivity contribution >= 4 is 24.2 Å². The first-order valence-electron chi connectivity index (χ1n) is 8.86. The second-order valence-corrected chi connectivity index (χ2v) is 7.08. The van der Waals surface area contributed by atoms with E-state index in [1.807, 2.05) is 0 Å². The van der Waals surface area contributed by atoms with E-state index in [-0.39, 0.29) is 30.3 Å². The monoisotopic (exact) mass is 345 g/mol. The molecule has 0 spiro atoms. The third-order valence-electron chi connectivity index (χ3n) is 5.08. The second kappa shape index (κ2) is 10.1. The average molecular weight is 346 g/mol. The van der Waals surface area contributed by atoms with Gasteiger partial charge in [-0.05, 0) is 51.1 Å². The van der Waals surface area contributed by atoms with Crippen LogP contribution in [0.3, 0.4) is 0 Å². The SMILES string of the molecule is CC(NC(=O)CC1CCCCC1)C(=O)NC1CCNCC1C.Cl. The summed E-state index contributed by atoms with van der Waals surface area (Å²) in [6, 6.07) is -0.232. The van der Waals surface area contributed by atoms with Crippen LogP contribution in [0.2, 0.25) is 0 Å². The van der Waals surface area contributed by atoms with Crippen molar-refractivity contribution in [2.24, 2.45) is 11.8 Å². The Kier molecular flexibility index (Phi) is 8.92. The van der Waals surface area contributed by atoms with E-state index in [4.69, 9.17) is 0 Å². The summed E-state index contributed by atoms with van der Waals surface area (Å²) < 4.78 is 0. The van der Waals surface area contributed by atoms with Gasteiger partial charge in [-0.1, -0.05) is 26.2 Å². The second-order valence-electron chi connectivity index (χ2n) is 7.08. The van der Waals surface area contributed by atoms with Gasteiger partial charge in [-0.15, -0.1) is 12.4 Å². The molecule has 134 valence electrons. The number of hydrogen-bond acceptors (Lipinski definition) is 3. The summed E-state index contributed by atoms with van der Waals surface area (Å²) in [4.78, 5) is 24.3. The fraction of sp³-hybridized carbons (Fsp3) is 0.882. The minimum atomic E-state index is -0.446. The molecule has 0 bridgehead atoms. The van der Waals surface area contributed by atoms with E-state index in [9.17, 15) is 9.59 Å². The Hall–Kier alpha value is -0.810. The van der Waals surface area contributed by atoms with Crippen molar-refractivity contribution in [3.05, 3.63) is 0 Å². The maximum Gasteiger partial charge on any atom is 0.242 e. The third kappa shape index (κ3) is 6.68. The van der Waals surface area contributed by atoms with E-state index in [0.29, 0.717) is 18.3 Å². The first-order chi connectivity index (χ1) is 10.6. The molecule has 0 aromatic heterocycles. The maximum absolute atomic E-state index is 12.2. The van der Waals surface area contributed by atoms with Gasteiger partial charge in [0.25, 0.3) is 0 Å². The van der Waals surface area contributed by atoms with Crippen LogP contribution in [0.1, 0.15) is 58.8 Å². The molecule has 23 heavy (non-hydrogen) atoms. The number of rotatable bonds is 5. The molecule has 1 aliphatic heterocycles. The van der Waals surface area contributed by atoms with Gasteiger partial charge >= 0.3 is 0 Å². The lowest BCUT2D eigenvalue weighted by atomic mass is 9.87. The van der Waals surface area contributed by atoms with Crippen LogP contribution < -0.4 is 16.0 Å². The number of amides is 2. The number of carbonyl (C=O) groups excluding carboxylic acids is 2. The topological polar surface area (TPSA) is 70.2 Å². The molecule has 3 unspecified atom stereocenters. The van der Waals surface area contributed by atoms with Gasteiger partial charge in [-0.25, -0.2) is 0 Å². The van der Waals surface area contributed by atoms with Crippen LogP contribution in [0.5, 0.6) is 0 Å². The minimum absolute atomic E-state index is 0. The quantitative estimate of drug-likeness (QED) is 0.713. The molecule has 2 amide bonds. The first-order valence-corrected chi connectivity index (χ1v) is 8.86. The Morgan fingerprint density at radius 3 is 2.52 bits per heavy atom. The summed E-state index contributed by atoms with van der Waals surface area (Å²) in [5, 5.41) is 9.27. The number of halogens is 1. The first kappa shape index (κ1) is 20.2. The van der Waals surface area contributed by atoms with Crippen LogP contribution in [0.25, 0.3) is 0 Å². The highest BCUT2D eigenvalue weighted by atomic mass is 35.5. The van der Waals surface area contributed by atoms with Crippen molar-refractivity contribution in [3.63, 3.8) is 0 Å². The van der Waals surface area contributed by atoms with Crippen LogP contribution >= 0.6 is 12.4 Å². The van der Waals surface area contributed by atoms with E-state index < -0.39 is 6.04 Å². The van der Waals surface area contributed by atoms with Crippen LogP contribution in [0, 0.1) is 11.8 Å². The van der Waals surface area contributed by atoms with Crippen LogP contribution in [-0.2, 0) is 9.59 Å². The smallest absolute Gasteiger partial charge is 0.242 e. The molecule has 3 N–H and O–H groups in total. The highest BCUT2D eigenvalue weighted by Gasteiger charge is 2.26. The summed E-state index contributed by atoms with van der Waals surface area (Å²) in [7, 11) is 0. The van der Waals surface area contributed by atoms with E-state index in [0.717, 1.165) is 32.4 Å². The van der Waals surface area contributed by atoms with Gasteiger partial charge in [0.15, 0.2) is 0 Å². The van der Waals surface area contributed by atoms with E-state index in [2.05, 4.69) is 22.9 Å². The predicted octanol–water partition coefficient (Wildman–Crippen LogP) is 2.00. The molecule has 1 aliphatic carbocycles. The third-order valence-corrected chi connectivity index (χ3v) is 5.08. The van der Waals surface area contributed by atoms with Gasteiger partial charge in [-0.3, -0.25) is 9.59 Å². The number of nitrogens with one attached hydrogen (secondary N) is 3. The maximum atomic E-state index is 12.2. The zero-order valence-corrected chi connectivity index (χ0v) is 15.2. The van der Waals surface area contributed by atoms with Gasteiger partial charge in [0.05, 0.1) is 0 Å². The van der Waals surface area contributed by atoms with Gasteiger partial charge in [0, 0.05) is 12.5 Å². The summed E-state index contributed by atoms with van der Waals surface area (Å²) in [5.74, 6) is 0.903. The summed E-state index contributed by atoms with van der Waals surface area (Å²) >= 11 is 0. The molecule has 6 heteroatoms. The fourth-order valence-corrected chi connectivity index (χ4v) is 3.56. The largest absolute Gasteiger partial charge is 0.351 e. The van der Waals surface area contributed by atoms with E-state index >= 15 is 0 Å². The highest BCUT2D eigenvalue weighted by molar-refractivity contribution is 5.87. The molecular formula is C17H32ClN3O2. The lowest BCUT2D eigenvalue weighted by Crippen LogP contribution is -2.53. The van der Waals surface area contributed by atoms with Crippen LogP contribution in [0.15, 0.2) is 0 Å². The molecule has 1 saturated heterocycles. The Bertz CT molecular complexity index is 386. The summed E-state index contributed by atoms with van der Waals surface area (Å²) in [6.45, 7) is 5.80. The van der Waals surface area contributed by atoms with Crippen LogP contribution in [-0.4, -0.2) is 37.0 Å². The average Bonchev–Trinajstić information content (AvgIpc) is 2.50.